The summed E-state index contributed by atoms with van der Waals surface area (Å²) in [6.45, 7) is 8.30. The van der Waals surface area contributed by atoms with Crippen LogP contribution in [0.2, 0.25) is 0 Å². The molecule has 1 nitrogen and oxygen atoms in total. The number of hydrogen-bond acceptors (Lipinski definition) is 1. The molecule has 0 aliphatic carbocycles. The first-order chi connectivity index (χ1) is 12.0. The Kier molecular flexibility index (Phi) is 5.16. The van der Waals surface area contributed by atoms with Gasteiger partial charge in [0.05, 0.1) is 0 Å². The van der Waals surface area contributed by atoms with E-state index in [2.05, 4.69) is 63.2 Å². The number of aryl methyl sites for hydroxylation is 2. The van der Waals surface area contributed by atoms with Crippen LogP contribution in [0.15, 0.2) is 60.7 Å². The lowest BCUT2D eigenvalue weighted by molar-refractivity contribution is 0.108. The van der Waals surface area contributed by atoms with E-state index < -0.39 is 0 Å². The molecule has 0 saturated carbocycles. The van der Waals surface area contributed by atoms with Crippen LogP contribution in [0.5, 0.6) is 0 Å². The van der Waals surface area contributed by atoms with E-state index in [9.17, 15) is 4.79 Å². The molecule has 0 bridgehead atoms. The van der Waals surface area contributed by atoms with Crippen molar-refractivity contribution in [1.82, 2.24) is 0 Å². The van der Waals surface area contributed by atoms with E-state index in [0.29, 0.717) is 0 Å². The van der Waals surface area contributed by atoms with Crippen LogP contribution in [-0.2, 0) is 0 Å². The quantitative estimate of drug-likeness (QED) is 0.551. The van der Waals surface area contributed by atoms with Gasteiger partial charge in [0.25, 0.3) is 0 Å². The molecule has 1 atom stereocenters. The molecule has 0 spiro atoms. The standard InChI is InChI=1S/C23H23OP/c1-15-14-16(2)22(18(4)17(15)3)23(24)25-21-12-10-20(11-13-21)19-8-6-5-7-9-19/h5-14,25H,1-4H3. The first-order valence-electron chi connectivity index (χ1n) is 8.51. The number of carbonyl (C=O) groups is 1. The van der Waals surface area contributed by atoms with Gasteiger partial charge in [-0.05, 0) is 75.0 Å². The molecular weight excluding hydrogens is 323 g/mol. The number of rotatable bonds is 4. The zero-order valence-corrected chi connectivity index (χ0v) is 16.2. The number of hydrogen-bond donors (Lipinski definition) is 0. The van der Waals surface area contributed by atoms with Gasteiger partial charge < -0.3 is 0 Å². The first kappa shape index (κ1) is 17.6. The smallest absolute Gasteiger partial charge is 0.186 e. The molecule has 0 aliphatic heterocycles. The summed E-state index contributed by atoms with van der Waals surface area (Å²) in [5.74, 6) is 0. The van der Waals surface area contributed by atoms with Gasteiger partial charge in [-0.2, -0.15) is 0 Å². The van der Waals surface area contributed by atoms with E-state index in [0.717, 1.165) is 22.0 Å². The fraction of sp³-hybridized carbons (Fsp3) is 0.174. The Hall–Kier alpha value is -2.24. The maximum Gasteiger partial charge on any atom is 0.186 e. The van der Waals surface area contributed by atoms with Gasteiger partial charge in [0.15, 0.2) is 5.52 Å². The second-order valence-corrected chi connectivity index (χ2v) is 7.81. The van der Waals surface area contributed by atoms with Gasteiger partial charge in [-0.15, -0.1) is 0 Å². The van der Waals surface area contributed by atoms with Crippen molar-refractivity contribution >= 4 is 19.4 Å². The highest BCUT2D eigenvalue weighted by Crippen LogP contribution is 2.28. The molecule has 0 N–H and O–H groups in total. The SMILES string of the molecule is Cc1cc(C)c(C(=O)Pc2ccc(-c3ccccc3)cc2)c(C)c1C. The van der Waals surface area contributed by atoms with E-state index in [1.807, 2.05) is 25.1 Å². The highest BCUT2D eigenvalue weighted by atomic mass is 31.1. The van der Waals surface area contributed by atoms with E-state index in [1.165, 1.54) is 22.3 Å². The maximum absolute atomic E-state index is 12.9. The van der Waals surface area contributed by atoms with Crippen molar-refractivity contribution in [3.05, 3.63) is 88.5 Å². The molecule has 1 unspecified atom stereocenters. The molecule has 0 saturated heterocycles. The summed E-state index contributed by atoms with van der Waals surface area (Å²) < 4.78 is 0. The van der Waals surface area contributed by atoms with Gasteiger partial charge in [-0.3, -0.25) is 4.79 Å². The summed E-state index contributed by atoms with van der Waals surface area (Å²) in [6.07, 6.45) is 0. The van der Waals surface area contributed by atoms with Crippen molar-refractivity contribution in [3.8, 4) is 11.1 Å². The van der Waals surface area contributed by atoms with Crippen molar-refractivity contribution in [3.63, 3.8) is 0 Å². The fourth-order valence-electron chi connectivity index (χ4n) is 3.20. The monoisotopic (exact) mass is 346 g/mol. The summed E-state index contributed by atoms with van der Waals surface area (Å²) >= 11 is 0. The minimum atomic E-state index is 0.157. The molecule has 3 aromatic carbocycles. The van der Waals surface area contributed by atoms with Crippen molar-refractivity contribution in [2.45, 2.75) is 27.7 Å². The van der Waals surface area contributed by atoms with Crippen molar-refractivity contribution in [2.75, 3.05) is 0 Å². The fourth-order valence-corrected chi connectivity index (χ4v) is 4.31. The third kappa shape index (κ3) is 3.72. The second kappa shape index (κ2) is 7.33. The zero-order chi connectivity index (χ0) is 18.0. The van der Waals surface area contributed by atoms with Crippen LogP contribution in [-0.4, -0.2) is 5.52 Å². The predicted molar refractivity (Wildman–Crippen MR) is 110 cm³/mol. The Morgan fingerprint density at radius 2 is 1.32 bits per heavy atom. The van der Waals surface area contributed by atoms with Gasteiger partial charge in [0.2, 0.25) is 0 Å². The summed E-state index contributed by atoms with van der Waals surface area (Å²) in [5, 5.41) is 1.08. The van der Waals surface area contributed by atoms with E-state index in [1.54, 1.807) is 0 Å². The molecule has 0 fully saturated rings. The van der Waals surface area contributed by atoms with E-state index >= 15 is 0 Å². The summed E-state index contributed by atoms with van der Waals surface area (Å²) in [4.78, 5) is 12.9. The molecule has 3 rings (SSSR count). The zero-order valence-electron chi connectivity index (χ0n) is 15.2. The van der Waals surface area contributed by atoms with Crippen LogP contribution >= 0.6 is 8.58 Å². The van der Waals surface area contributed by atoms with Crippen molar-refractivity contribution in [1.29, 1.82) is 0 Å². The summed E-state index contributed by atoms with van der Waals surface area (Å²) in [6, 6.07) is 20.8. The largest absolute Gasteiger partial charge is 0.289 e. The Morgan fingerprint density at radius 1 is 0.720 bits per heavy atom. The average Bonchev–Trinajstić information content (AvgIpc) is 2.61. The summed E-state index contributed by atoms with van der Waals surface area (Å²) in [5.41, 5.74) is 8.18. The van der Waals surface area contributed by atoms with Gasteiger partial charge in [0.1, 0.15) is 0 Å². The molecule has 0 heterocycles. The molecule has 25 heavy (non-hydrogen) atoms. The molecule has 126 valence electrons. The predicted octanol–water partition coefficient (Wildman–Crippen LogP) is 5.73. The lowest BCUT2D eigenvalue weighted by atomic mass is 9.95. The highest BCUT2D eigenvalue weighted by molar-refractivity contribution is 7.66. The van der Waals surface area contributed by atoms with E-state index in [4.69, 9.17) is 0 Å². The Bertz CT molecular complexity index is 909. The minimum absolute atomic E-state index is 0.157. The third-order valence-electron chi connectivity index (χ3n) is 4.83. The maximum atomic E-state index is 12.9. The number of benzene rings is 3. The van der Waals surface area contributed by atoms with Gasteiger partial charge in [-0.1, -0.05) is 60.7 Å². The molecule has 3 aromatic rings. The topological polar surface area (TPSA) is 17.1 Å². The Morgan fingerprint density at radius 3 is 1.96 bits per heavy atom. The average molecular weight is 346 g/mol. The number of carbonyl (C=O) groups excluding carboxylic acids is 1. The third-order valence-corrected chi connectivity index (χ3v) is 5.93. The van der Waals surface area contributed by atoms with E-state index in [-0.39, 0.29) is 14.1 Å². The molecule has 2 heteroatoms. The van der Waals surface area contributed by atoms with Crippen LogP contribution in [0, 0.1) is 27.7 Å². The lowest BCUT2D eigenvalue weighted by Gasteiger charge is -2.14. The van der Waals surface area contributed by atoms with Crippen LogP contribution in [0.4, 0.5) is 0 Å². The van der Waals surface area contributed by atoms with Gasteiger partial charge in [-0.25, -0.2) is 0 Å². The highest BCUT2D eigenvalue weighted by Gasteiger charge is 2.16. The van der Waals surface area contributed by atoms with Crippen LogP contribution in [0.3, 0.4) is 0 Å². The summed E-state index contributed by atoms with van der Waals surface area (Å²) in [7, 11) is 0.157. The first-order valence-corrected chi connectivity index (χ1v) is 9.51. The Labute approximate surface area is 151 Å². The van der Waals surface area contributed by atoms with Crippen molar-refractivity contribution in [2.24, 2.45) is 0 Å². The molecule has 0 aliphatic rings. The Balaban J connectivity index is 1.84. The van der Waals surface area contributed by atoms with Crippen LogP contribution in [0.1, 0.15) is 32.6 Å². The molecule has 0 aromatic heterocycles. The van der Waals surface area contributed by atoms with Crippen molar-refractivity contribution < 1.29 is 4.79 Å². The van der Waals surface area contributed by atoms with Gasteiger partial charge in [0, 0.05) is 5.56 Å². The van der Waals surface area contributed by atoms with Crippen LogP contribution in [0.25, 0.3) is 11.1 Å². The molecular formula is C23H23OP. The molecule has 0 amide bonds. The normalized spacial score (nSPS) is 11.2. The van der Waals surface area contributed by atoms with Crippen LogP contribution < -0.4 is 5.30 Å². The second-order valence-electron chi connectivity index (χ2n) is 6.53. The lowest BCUT2D eigenvalue weighted by Crippen LogP contribution is -2.06. The minimum Gasteiger partial charge on any atom is -0.289 e. The van der Waals surface area contributed by atoms with Gasteiger partial charge >= 0.3 is 0 Å². The molecule has 0 radical (unpaired) electrons.